The van der Waals surface area contributed by atoms with Crippen LogP contribution in [-0.2, 0) is 5.41 Å². The summed E-state index contributed by atoms with van der Waals surface area (Å²) in [6.45, 7) is 9.00. The molecule has 0 unspecified atom stereocenters. The van der Waals surface area contributed by atoms with Crippen molar-refractivity contribution in [2.45, 2.75) is 51.9 Å². The molecule has 0 aromatic heterocycles. The van der Waals surface area contributed by atoms with Gasteiger partial charge in [-0.1, -0.05) is 56.5 Å². The highest BCUT2D eigenvalue weighted by molar-refractivity contribution is 5.30. The third-order valence-electron chi connectivity index (χ3n) is 4.24. The first kappa shape index (κ1) is 13.6. The summed E-state index contributed by atoms with van der Waals surface area (Å²) in [5, 5.41) is 3.68. The van der Waals surface area contributed by atoms with Crippen molar-refractivity contribution >= 4 is 0 Å². The molecule has 1 aliphatic carbocycles. The van der Waals surface area contributed by atoms with Crippen molar-refractivity contribution in [2.24, 2.45) is 5.92 Å². The van der Waals surface area contributed by atoms with Gasteiger partial charge in [-0.05, 0) is 37.8 Å². The van der Waals surface area contributed by atoms with Crippen LogP contribution in [0.5, 0.6) is 0 Å². The summed E-state index contributed by atoms with van der Waals surface area (Å²) in [5.74, 6) is 0.737. The molecule has 1 heteroatoms. The zero-order valence-corrected chi connectivity index (χ0v) is 12.1. The lowest BCUT2D eigenvalue weighted by atomic mass is 9.78. The standard InChI is InChI=1S/C17H27N/c1-14(2)12-18-13-17(10-4-5-11-17)16-8-6-15(3)7-9-16/h6-9,14,18H,4-5,10-13H2,1-3H3. The Kier molecular flexibility index (Phi) is 4.45. The lowest BCUT2D eigenvalue weighted by molar-refractivity contribution is 0.391. The fourth-order valence-electron chi connectivity index (χ4n) is 3.13. The second kappa shape index (κ2) is 5.88. The van der Waals surface area contributed by atoms with Crippen LogP contribution in [0.15, 0.2) is 24.3 Å². The number of hydrogen-bond donors (Lipinski definition) is 1. The van der Waals surface area contributed by atoms with Crippen molar-refractivity contribution in [3.05, 3.63) is 35.4 Å². The molecule has 0 bridgehead atoms. The summed E-state index contributed by atoms with van der Waals surface area (Å²) in [7, 11) is 0. The number of aryl methyl sites for hydroxylation is 1. The summed E-state index contributed by atoms with van der Waals surface area (Å²) in [5.41, 5.74) is 3.31. The van der Waals surface area contributed by atoms with Gasteiger partial charge in [0.2, 0.25) is 0 Å². The topological polar surface area (TPSA) is 12.0 Å². The van der Waals surface area contributed by atoms with Gasteiger partial charge in [0.1, 0.15) is 0 Å². The van der Waals surface area contributed by atoms with E-state index < -0.39 is 0 Å². The van der Waals surface area contributed by atoms with Gasteiger partial charge in [-0.15, -0.1) is 0 Å². The van der Waals surface area contributed by atoms with Crippen molar-refractivity contribution < 1.29 is 0 Å². The number of rotatable bonds is 5. The Hall–Kier alpha value is -0.820. The van der Waals surface area contributed by atoms with Gasteiger partial charge < -0.3 is 5.32 Å². The van der Waals surface area contributed by atoms with Gasteiger partial charge >= 0.3 is 0 Å². The van der Waals surface area contributed by atoms with Crippen molar-refractivity contribution in [3.8, 4) is 0 Å². The maximum Gasteiger partial charge on any atom is 0.00777 e. The predicted octanol–water partition coefficient (Wildman–Crippen LogP) is 4.05. The quantitative estimate of drug-likeness (QED) is 0.825. The molecule has 0 amide bonds. The first-order valence-corrected chi connectivity index (χ1v) is 7.40. The molecule has 1 N–H and O–H groups in total. The number of nitrogens with one attached hydrogen (secondary N) is 1. The van der Waals surface area contributed by atoms with Gasteiger partial charge in [0.25, 0.3) is 0 Å². The summed E-state index contributed by atoms with van der Waals surface area (Å²) in [4.78, 5) is 0. The van der Waals surface area contributed by atoms with Crippen LogP contribution in [0.1, 0.15) is 50.7 Å². The monoisotopic (exact) mass is 245 g/mol. The van der Waals surface area contributed by atoms with E-state index in [-0.39, 0.29) is 0 Å². The van der Waals surface area contributed by atoms with Crippen LogP contribution in [-0.4, -0.2) is 13.1 Å². The fraction of sp³-hybridized carbons (Fsp3) is 0.647. The molecule has 1 aromatic rings. The van der Waals surface area contributed by atoms with E-state index >= 15 is 0 Å². The fourth-order valence-corrected chi connectivity index (χ4v) is 3.13. The zero-order chi connectivity index (χ0) is 13.0. The molecular weight excluding hydrogens is 218 g/mol. The smallest absolute Gasteiger partial charge is 0.00777 e. The molecule has 1 fully saturated rings. The highest BCUT2D eigenvalue weighted by Gasteiger charge is 2.34. The molecule has 0 atom stereocenters. The van der Waals surface area contributed by atoms with Crippen LogP contribution in [0.25, 0.3) is 0 Å². The molecule has 1 saturated carbocycles. The average molecular weight is 245 g/mol. The maximum absolute atomic E-state index is 3.68. The molecular formula is C17H27N. The summed E-state index contributed by atoms with van der Waals surface area (Å²) < 4.78 is 0. The van der Waals surface area contributed by atoms with Crippen molar-refractivity contribution in [3.63, 3.8) is 0 Å². The normalized spacial score (nSPS) is 18.4. The maximum atomic E-state index is 3.68. The van der Waals surface area contributed by atoms with Crippen molar-refractivity contribution in [2.75, 3.05) is 13.1 Å². The third kappa shape index (κ3) is 3.14. The Labute approximate surface area is 112 Å². The predicted molar refractivity (Wildman–Crippen MR) is 79.0 cm³/mol. The van der Waals surface area contributed by atoms with E-state index in [1.54, 1.807) is 5.56 Å². The third-order valence-corrected chi connectivity index (χ3v) is 4.24. The van der Waals surface area contributed by atoms with Gasteiger partial charge in [-0.2, -0.15) is 0 Å². The largest absolute Gasteiger partial charge is 0.316 e. The molecule has 1 nitrogen and oxygen atoms in total. The first-order valence-electron chi connectivity index (χ1n) is 7.40. The molecule has 0 spiro atoms. The van der Waals surface area contributed by atoms with E-state index in [1.807, 2.05) is 0 Å². The van der Waals surface area contributed by atoms with Gasteiger partial charge in [-0.25, -0.2) is 0 Å². The second-order valence-electron chi connectivity index (χ2n) is 6.38. The minimum absolute atomic E-state index is 0.405. The Morgan fingerprint density at radius 3 is 2.28 bits per heavy atom. The van der Waals surface area contributed by atoms with E-state index in [2.05, 4.69) is 50.4 Å². The van der Waals surface area contributed by atoms with Gasteiger partial charge in [0.15, 0.2) is 0 Å². The van der Waals surface area contributed by atoms with Gasteiger partial charge in [-0.3, -0.25) is 0 Å². The van der Waals surface area contributed by atoms with Crippen molar-refractivity contribution in [1.82, 2.24) is 5.32 Å². The van der Waals surface area contributed by atoms with E-state index in [1.165, 1.54) is 31.2 Å². The van der Waals surface area contributed by atoms with Crippen LogP contribution in [0.4, 0.5) is 0 Å². The average Bonchev–Trinajstić information content (AvgIpc) is 2.79. The number of benzene rings is 1. The Bertz CT molecular complexity index is 358. The molecule has 0 aliphatic heterocycles. The lowest BCUT2D eigenvalue weighted by Crippen LogP contribution is -2.37. The van der Waals surface area contributed by atoms with E-state index in [0.717, 1.165) is 19.0 Å². The van der Waals surface area contributed by atoms with Crippen molar-refractivity contribution in [1.29, 1.82) is 0 Å². The Morgan fingerprint density at radius 1 is 1.11 bits per heavy atom. The molecule has 100 valence electrons. The number of hydrogen-bond acceptors (Lipinski definition) is 1. The van der Waals surface area contributed by atoms with Crippen LogP contribution in [0.2, 0.25) is 0 Å². The van der Waals surface area contributed by atoms with Gasteiger partial charge in [0, 0.05) is 12.0 Å². The lowest BCUT2D eigenvalue weighted by Gasteiger charge is -2.30. The molecule has 0 radical (unpaired) electrons. The first-order chi connectivity index (χ1) is 8.62. The summed E-state index contributed by atoms with van der Waals surface area (Å²) >= 11 is 0. The van der Waals surface area contributed by atoms with Gasteiger partial charge in [0.05, 0.1) is 0 Å². The van der Waals surface area contributed by atoms with Crippen LogP contribution in [0, 0.1) is 12.8 Å². The molecule has 0 heterocycles. The molecule has 0 saturated heterocycles. The summed E-state index contributed by atoms with van der Waals surface area (Å²) in [6, 6.07) is 9.21. The Balaban J connectivity index is 2.08. The highest BCUT2D eigenvalue weighted by Crippen LogP contribution is 2.40. The second-order valence-corrected chi connectivity index (χ2v) is 6.38. The van der Waals surface area contributed by atoms with E-state index in [0.29, 0.717) is 5.41 Å². The Morgan fingerprint density at radius 2 is 1.72 bits per heavy atom. The minimum atomic E-state index is 0.405. The van der Waals surface area contributed by atoms with E-state index in [9.17, 15) is 0 Å². The minimum Gasteiger partial charge on any atom is -0.316 e. The molecule has 18 heavy (non-hydrogen) atoms. The molecule has 1 aromatic carbocycles. The highest BCUT2D eigenvalue weighted by atomic mass is 14.9. The zero-order valence-electron chi connectivity index (χ0n) is 12.1. The summed E-state index contributed by atoms with van der Waals surface area (Å²) in [6.07, 6.45) is 5.47. The van der Waals surface area contributed by atoms with E-state index in [4.69, 9.17) is 0 Å². The van der Waals surface area contributed by atoms with Crippen LogP contribution >= 0.6 is 0 Å². The molecule has 1 aliphatic rings. The van der Waals surface area contributed by atoms with Crippen LogP contribution in [0.3, 0.4) is 0 Å². The SMILES string of the molecule is Cc1ccc(C2(CNCC(C)C)CCCC2)cc1. The van der Waals surface area contributed by atoms with Crippen LogP contribution < -0.4 is 5.32 Å². The molecule has 2 rings (SSSR count).